The topological polar surface area (TPSA) is 50.7 Å². The van der Waals surface area contributed by atoms with Crippen molar-refractivity contribution in [3.05, 3.63) is 42.8 Å². The first-order chi connectivity index (χ1) is 8.06. The summed E-state index contributed by atoms with van der Waals surface area (Å²) in [5.41, 5.74) is 2.49. The maximum atomic E-state index is 10.1. The van der Waals surface area contributed by atoms with E-state index < -0.39 is 6.49 Å². The Hall–Kier alpha value is -0.870. The number of hydrogen-bond donors (Lipinski definition) is 2. The fraction of sp³-hybridized carbons (Fsp3) is 0.273. The predicted octanol–water partition coefficient (Wildman–Crippen LogP) is 2.03. The van der Waals surface area contributed by atoms with E-state index in [2.05, 4.69) is 12.1 Å². The van der Waals surface area contributed by atoms with Gasteiger partial charge in [0.05, 0.1) is 6.61 Å². The average Bonchev–Trinajstić information content (AvgIpc) is 2.30. The van der Waals surface area contributed by atoms with Crippen LogP contribution in [0.3, 0.4) is 0 Å². The van der Waals surface area contributed by atoms with Gasteiger partial charge in [0.15, 0.2) is 0 Å². The molecule has 0 radical (unpaired) electrons. The largest absolute Gasteiger partial charge is 0.423 e. The van der Waals surface area contributed by atoms with Crippen molar-refractivity contribution in [2.75, 3.05) is 6.61 Å². The molecule has 0 bridgehead atoms. The van der Waals surface area contributed by atoms with Gasteiger partial charge >= 0.3 is 0 Å². The van der Waals surface area contributed by atoms with Gasteiger partial charge in [-0.3, -0.25) is 4.84 Å². The minimum Gasteiger partial charge on any atom is -0.423 e. The molecule has 1 unspecified atom stereocenters. The molecule has 0 aliphatic heterocycles. The first kappa shape index (κ1) is 14.2. The summed E-state index contributed by atoms with van der Waals surface area (Å²) in [4.78, 5) is 15.1. The third-order valence-electron chi connectivity index (χ3n) is 1.81. The minimum atomic E-state index is -3.06. The van der Waals surface area contributed by atoms with Gasteiger partial charge in [-0.1, -0.05) is 25.1 Å². The van der Waals surface area contributed by atoms with Crippen molar-refractivity contribution in [2.24, 2.45) is 0 Å². The Morgan fingerprint density at radius 3 is 2.71 bits per heavy atom. The number of rotatable bonds is 7. The Labute approximate surface area is 106 Å². The van der Waals surface area contributed by atoms with E-state index in [0.29, 0.717) is 11.9 Å². The molecule has 17 heavy (non-hydrogen) atoms. The SMILES string of the molecule is C=C(NOCCC)OP(O)(=S)c1ccccc1. The Morgan fingerprint density at radius 2 is 2.12 bits per heavy atom. The maximum absolute atomic E-state index is 10.1. The van der Waals surface area contributed by atoms with Crippen molar-refractivity contribution in [1.82, 2.24) is 5.48 Å². The van der Waals surface area contributed by atoms with E-state index in [-0.39, 0.29) is 5.88 Å². The van der Waals surface area contributed by atoms with Gasteiger partial charge in [0.2, 0.25) is 5.88 Å². The zero-order chi connectivity index (χ0) is 12.7. The lowest BCUT2D eigenvalue weighted by Crippen LogP contribution is -2.17. The van der Waals surface area contributed by atoms with Gasteiger partial charge < -0.3 is 9.42 Å². The van der Waals surface area contributed by atoms with Gasteiger partial charge in [-0.25, -0.2) is 5.48 Å². The number of hydrogen-bond acceptors (Lipinski definition) is 4. The molecule has 1 atom stereocenters. The number of benzene rings is 1. The van der Waals surface area contributed by atoms with Crippen LogP contribution in [-0.4, -0.2) is 11.5 Å². The van der Waals surface area contributed by atoms with Crippen LogP contribution in [0.5, 0.6) is 0 Å². The Kier molecular flexibility index (Phi) is 5.65. The molecule has 0 fully saturated rings. The van der Waals surface area contributed by atoms with Crippen LogP contribution in [0.2, 0.25) is 0 Å². The van der Waals surface area contributed by atoms with Crippen LogP contribution in [0, 0.1) is 0 Å². The van der Waals surface area contributed by atoms with Crippen molar-refractivity contribution in [1.29, 1.82) is 0 Å². The van der Waals surface area contributed by atoms with Gasteiger partial charge in [-0.05, 0) is 36.9 Å². The molecule has 6 heteroatoms. The van der Waals surface area contributed by atoms with Crippen molar-refractivity contribution in [3.63, 3.8) is 0 Å². The normalized spacial score (nSPS) is 13.8. The highest BCUT2D eigenvalue weighted by Crippen LogP contribution is 2.42. The molecule has 0 saturated heterocycles. The Morgan fingerprint density at radius 1 is 1.47 bits per heavy atom. The standard InChI is InChI=1S/C11H16NO3PS/c1-3-9-14-12-10(2)15-16(13,17)11-7-5-4-6-8-11/h4-8,12H,2-3,9H2,1H3,(H,13,17). The lowest BCUT2D eigenvalue weighted by Gasteiger charge is -2.19. The van der Waals surface area contributed by atoms with Crippen molar-refractivity contribution < 1.29 is 14.3 Å². The van der Waals surface area contributed by atoms with E-state index in [1.165, 1.54) is 0 Å². The zero-order valence-corrected chi connectivity index (χ0v) is 11.3. The molecule has 0 aliphatic carbocycles. The highest BCUT2D eigenvalue weighted by Gasteiger charge is 2.18. The molecule has 1 aromatic rings. The number of hydroxylamine groups is 1. The van der Waals surface area contributed by atoms with E-state index in [0.717, 1.165) is 6.42 Å². The van der Waals surface area contributed by atoms with E-state index in [1.807, 2.05) is 13.0 Å². The summed E-state index contributed by atoms with van der Waals surface area (Å²) in [7, 11) is 0. The average molecular weight is 273 g/mol. The molecule has 94 valence electrons. The maximum Gasteiger partial charge on any atom is 0.267 e. The Bertz CT molecular complexity index is 410. The summed E-state index contributed by atoms with van der Waals surface area (Å²) in [5.74, 6) is 0.119. The van der Waals surface area contributed by atoms with Gasteiger partial charge in [0, 0.05) is 5.30 Å². The van der Waals surface area contributed by atoms with Gasteiger partial charge in [-0.15, -0.1) is 0 Å². The molecule has 0 aromatic heterocycles. The minimum absolute atomic E-state index is 0.119. The van der Waals surface area contributed by atoms with Crippen LogP contribution in [0.25, 0.3) is 0 Å². The molecule has 4 nitrogen and oxygen atoms in total. The smallest absolute Gasteiger partial charge is 0.267 e. The molecule has 2 N–H and O–H groups in total. The summed E-state index contributed by atoms with van der Waals surface area (Å²) in [6, 6.07) is 8.87. The quantitative estimate of drug-likeness (QED) is 0.344. The zero-order valence-electron chi connectivity index (χ0n) is 9.63. The summed E-state index contributed by atoms with van der Waals surface area (Å²) in [6.45, 7) is 3.03. The molecule has 0 heterocycles. The fourth-order valence-electron chi connectivity index (χ4n) is 1.07. The van der Waals surface area contributed by atoms with E-state index in [1.54, 1.807) is 24.3 Å². The lowest BCUT2D eigenvalue weighted by atomic mass is 10.4. The highest BCUT2D eigenvalue weighted by atomic mass is 32.5. The van der Waals surface area contributed by atoms with Gasteiger partial charge in [0.1, 0.15) is 0 Å². The summed E-state index contributed by atoms with van der Waals surface area (Å²) in [6.07, 6.45) is 0.867. The third kappa shape index (κ3) is 4.88. The first-order valence-corrected chi connectivity index (χ1v) is 7.88. The predicted molar refractivity (Wildman–Crippen MR) is 72.2 cm³/mol. The molecular formula is C11H16NO3PS. The van der Waals surface area contributed by atoms with Crippen molar-refractivity contribution in [3.8, 4) is 0 Å². The van der Waals surface area contributed by atoms with E-state index in [4.69, 9.17) is 21.2 Å². The Balaban J connectivity index is 2.55. The van der Waals surface area contributed by atoms with Crippen LogP contribution in [0.15, 0.2) is 42.8 Å². The second-order valence-corrected chi connectivity index (χ2v) is 6.55. The van der Waals surface area contributed by atoms with Crippen LogP contribution in [0.1, 0.15) is 13.3 Å². The molecule has 0 aliphatic rings. The van der Waals surface area contributed by atoms with E-state index >= 15 is 0 Å². The summed E-state index contributed by atoms with van der Waals surface area (Å²) >= 11 is 5.05. The number of nitrogens with one attached hydrogen (secondary N) is 1. The van der Waals surface area contributed by atoms with Crippen LogP contribution in [0.4, 0.5) is 0 Å². The molecule has 1 aromatic carbocycles. The molecular weight excluding hydrogens is 257 g/mol. The van der Waals surface area contributed by atoms with Crippen molar-refractivity contribution >= 4 is 23.6 Å². The molecule has 0 spiro atoms. The fourth-order valence-corrected chi connectivity index (χ4v) is 2.70. The third-order valence-corrected chi connectivity index (χ3v) is 4.08. The van der Waals surface area contributed by atoms with Crippen LogP contribution in [-0.2, 0) is 21.2 Å². The van der Waals surface area contributed by atoms with Crippen LogP contribution >= 0.6 is 6.49 Å². The van der Waals surface area contributed by atoms with Gasteiger partial charge in [0.25, 0.3) is 6.49 Å². The molecule has 0 amide bonds. The highest BCUT2D eigenvalue weighted by molar-refractivity contribution is 8.13. The second-order valence-electron chi connectivity index (χ2n) is 3.32. The first-order valence-electron chi connectivity index (χ1n) is 5.21. The molecule has 1 rings (SSSR count). The monoisotopic (exact) mass is 273 g/mol. The van der Waals surface area contributed by atoms with Crippen LogP contribution < -0.4 is 10.8 Å². The van der Waals surface area contributed by atoms with Gasteiger partial charge in [-0.2, -0.15) is 0 Å². The second kappa shape index (κ2) is 6.77. The summed E-state index contributed by atoms with van der Waals surface area (Å²) in [5, 5.41) is 0.577. The summed E-state index contributed by atoms with van der Waals surface area (Å²) < 4.78 is 5.22. The molecule has 0 saturated carbocycles. The van der Waals surface area contributed by atoms with E-state index in [9.17, 15) is 4.89 Å². The lowest BCUT2D eigenvalue weighted by molar-refractivity contribution is 0.0390. The van der Waals surface area contributed by atoms with Crippen molar-refractivity contribution in [2.45, 2.75) is 13.3 Å².